The van der Waals surface area contributed by atoms with Crippen LogP contribution < -0.4 is 5.73 Å². The first-order valence-corrected chi connectivity index (χ1v) is 6.34. The van der Waals surface area contributed by atoms with Gasteiger partial charge in [0.25, 0.3) is 0 Å². The summed E-state index contributed by atoms with van der Waals surface area (Å²) in [6.45, 7) is 1.68. The second kappa shape index (κ2) is 5.38. The zero-order valence-electron chi connectivity index (χ0n) is 10.5. The van der Waals surface area contributed by atoms with E-state index in [-0.39, 0.29) is 11.8 Å². The van der Waals surface area contributed by atoms with Crippen molar-refractivity contribution in [2.45, 2.75) is 45.1 Å². The van der Waals surface area contributed by atoms with Crippen molar-refractivity contribution in [3.63, 3.8) is 0 Å². The van der Waals surface area contributed by atoms with Crippen molar-refractivity contribution in [1.29, 1.82) is 0 Å². The summed E-state index contributed by atoms with van der Waals surface area (Å²) >= 11 is 0. The van der Waals surface area contributed by atoms with Crippen LogP contribution >= 0.6 is 0 Å². The van der Waals surface area contributed by atoms with Crippen molar-refractivity contribution in [2.75, 3.05) is 5.73 Å². The van der Waals surface area contributed by atoms with Gasteiger partial charge in [-0.15, -0.1) is 0 Å². The largest absolute Gasteiger partial charge is 0.459 e. The van der Waals surface area contributed by atoms with Crippen LogP contribution in [0.2, 0.25) is 0 Å². The number of halogens is 1. The van der Waals surface area contributed by atoms with E-state index in [0.29, 0.717) is 11.1 Å². The zero-order chi connectivity index (χ0) is 13.1. The Bertz CT molecular complexity index is 453. The molecule has 0 atom stereocenters. The third-order valence-electron chi connectivity index (χ3n) is 3.39. The molecule has 1 saturated carbocycles. The van der Waals surface area contributed by atoms with Crippen molar-refractivity contribution < 1.29 is 13.9 Å². The lowest BCUT2D eigenvalue weighted by atomic mass is 9.97. The molecule has 0 heterocycles. The number of benzene rings is 1. The second-order valence-corrected chi connectivity index (χ2v) is 4.85. The summed E-state index contributed by atoms with van der Waals surface area (Å²) in [6.07, 6.45) is 5.24. The van der Waals surface area contributed by atoms with Crippen LogP contribution in [0.15, 0.2) is 12.1 Å². The average Bonchev–Trinajstić information content (AvgIpc) is 2.35. The molecule has 2 N–H and O–H groups in total. The van der Waals surface area contributed by atoms with Crippen LogP contribution in [0.3, 0.4) is 0 Å². The van der Waals surface area contributed by atoms with E-state index in [1.54, 1.807) is 6.92 Å². The number of ether oxygens (including phenoxy) is 1. The fourth-order valence-electron chi connectivity index (χ4n) is 2.31. The molecule has 1 aromatic carbocycles. The maximum Gasteiger partial charge on any atom is 0.338 e. The number of anilines is 1. The molecule has 0 radical (unpaired) electrons. The first-order chi connectivity index (χ1) is 8.58. The average molecular weight is 251 g/mol. The highest BCUT2D eigenvalue weighted by molar-refractivity contribution is 5.92. The number of hydrogen-bond acceptors (Lipinski definition) is 3. The Kier molecular flexibility index (Phi) is 3.84. The van der Waals surface area contributed by atoms with Crippen LogP contribution in [-0.4, -0.2) is 12.1 Å². The lowest BCUT2D eigenvalue weighted by molar-refractivity contribution is 0.0210. The second-order valence-electron chi connectivity index (χ2n) is 4.85. The summed E-state index contributed by atoms with van der Waals surface area (Å²) in [6, 6.07) is 2.63. The van der Waals surface area contributed by atoms with Crippen LogP contribution in [0.5, 0.6) is 0 Å². The minimum absolute atomic E-state index is 0.00284. The van der Waals surface area contributed by atoms with E-state index in [1.165, 1.54) is 18.6 Å². The van der Waals surface area contributed by atoms with Crippen molar-refractivity contribution in [3.8, 4) is 0 Å². The molecule has 2 rings (SSSR count). The van der Waals surface area contributed by atoms with Gasteiger partial charge in [-0.2, -0.15) is 0 Å². The van der Waals surface area contributed by atoms with Crippen molar-refractivity contribution >= 4 is 11.7 Å². The Hall–Kier alpha value is -1.58. The number of aryl methyl sites for hydroxylation is 1. The Morgan fingerprint density at radius 2 is 2.00 bits per heavy atom. The van der Waals surface area contributed by atoms with Gasteiger partial charge in [-0.1, -0.05) is 6.42 Å². The number of hydrogen-bond donors (Lipinski definition) is 1. The smallest absolute Gasteiger partial charge is 0.338 e. The molecule has 0 aromatic heterocycles. The number of rotatable bonds is 2. The fraction of sp³-hybridized carbons (Fsp3) is 0.500. The first kappa shape index (κ1) is 12.9. The monoisotopic (exact) mass is 251 g/mol. The van der Waals surface area contributed by atoms with Gasteiger partial charge in [-0.25, -0.2) is 9.18 Å². The predicted octanol–water partition coefficient (Wildman–Crippen LogP) is 3.21. The highest BCUT2D eigenvalue weighted by Gasteiger charge is 2.20. The van der Waals surface area contributed by atoms with Gasteiger partial charge in [0.2, 0.25) is 0 Å². The SMILES string of the molecule is Cc1cc(F)c(N)cc1C(=O)OC1CCCCC1. The van der Waals surface area contributed by atoms with Gasteiger partial charge in [-0.3, -0.25) is 0 Å². The molecule has 0 saturated heterocycles. The number of carbonyl (C=O) groups excluding carboxylic acids is 1. The van der Waals surface area contributed by atoms with E-state index in [4.69, 9.17) is 10.5 Å². The molecular weight excluding hydrogens is 233 g/mol. The molecule has 1 aromatic rings. The fourth-order valence-corrected chi connectivity index (χ4v) is 2.31. The van der Waals surface area contributed by atoms with Gasteiger partial charge in [0.05, 0.1) is 11.3 Å². The van der Waals surface area contributed by atoms with Crippen LogP contribution in [0, 0.1) is 12.7 Å². The minimum atomic E-state index is -0.498. The van der Waals surface area contributed by atoms with E-state index in [9.17, 15) is 9.18 Å². The molecule has 0 bridgehead atoms. The number of nitrogen functional groups attached to an aromatic ring is 1. The maximum atomic E-state index is 13.2. The Morgan fingerprint density at radius 3 is 2.67 bits per heavy atom. The Morgan fingerprint density at radius 1 is 1.33 bits per heavy atom. The lowest BCUT2D eigenvalue weighted by Crippen LogP contribution is -2.21. The molecule has 0 spiro atoms. The normalized spacial score (nSPS) is 16.6. The summed E-state index contributed by atoms with van der Waals surface area (Å²) in [4.78, 5) is 12.0. The number of carbonyl (C=O) groups is 1. The van der Waals surface area contributed by atoms with Crippen LogP contribution in [-0.2, 0) is 4.74 Å². The molecule has 1 aliphatic carbocycles. The molecule has 0 amide bonds. The molecule has 1 aliphatic rings. The van der Waals surface area contributed by atoms with E-state index >= 15 is 0 Å². The predicted molar refractivity (Wildman–Crippen MR) is 67.8 cm³/mol. The standard InChI is InChI=1S/C14H18FNO2/c1-9-7-12(15)13(16)8-11(9)14(17)18-10-5-3-2-4-6-10/h7-8,10H,2-6,16H2,1H3. The van der Waals surface area contributed by atoms with Crippen molar-refractivity contribution in [2.24, 2.45) is 0 Å². The molecule has 0 unspecified atom stereocenters. The summed E-state index contributed by atoms with van der Waals surface area (Å²) in [7, 11) is 0. The Labute approximate surface area is 106 Å². The van der Waals surface area contributed by atoms with E-state index in [1.807, 2.05) is 0 Å². The van der Waals surface area contributed by atoms with E-state index in [2.05, 4.69) is 0 Å². The van der Waals surface area contributed by atoms with Crippen LogP contribution in [0.25, 0.3) is 0 Å². The zero-order valence-corrected chi connectivity index (χ0v) is 10.5. The molecule has 1 fully saturated rings. The van der Waals surface area contributed by atoms with Gasteiger partial charge < -0.3 is 10.5 Å². The van der Waals surface area contributed by atoms with Crippen molar-refractivity contribution in [1.82, 2.24) is 0 Å². The lowest BCUT2D eigenvalue weighted by Gasteiger charge is -2.22. The van der Waals surface area contributed by atoms with Gasteiger partial charge >= 0.3 is 5.97 Å². The number of esters is 1. The minimum Gasteiger partial charge on any atom is -0.459 e. The molecule has 3 nitrogen and oxygen atoms in total. The third-order valence-corrected chi connectivity index (χ3v) is 3.39. The van der Waals surface area contributed by atoms with Crippen LogP contribution in [0.1, 0.15) is 48.0 Å². The molecule has 4 heteroatoms. The molecule has 18 heavy (non-hydrogen) atoms. The third kappa shape index (κ3) is 2.81. The van der Waals surface area contributed by atoms with E-state index < -0.39 is 11.8 Å². The number of nitrogens with two attached hydrogens (primary N) is 1. The van der Waals surface area contributed by atoms with Gasteiger partial charge in [0, 0.05) is 0 Å². The highest BCUT2D eigenvalue weighted by Crippen LogP contribution is 2.23. The maximum absolute atomic E-state index is 13.2. The summed E-state index contributed by atoms with van der Waals surface area (Å²) in [5.41, 5.74) is 6.38. The summed E-state index contributed by atoms with van der Waals surface area (Å²) in [5.74, 6) is -0.896. The van der Waals surface area contributed by atoms with Gasteiger partial charge in [-0.05, 0) is 50.3 Å². The van der Waals surface area contributed by atoms with Gasteiger partial charge in [0.1, 0.15) is 11.9 Å². The van der Waals surface area contributed by atoms with Crippen LogP contribution in [0.4, 0.5) is 10.1 Å². The molecule has 98 valence electrons. The first-order valence-electron chi connectivity index (χ1n) is 6.34. The van der Waals surface area contributed by atoms with Gasteiger partial charge in [0.15, 0.2) is 0 Å². The summed E-state index contributed by atoms with van der Waals surface area (Å²) in [5, 5.41) is 0. The Balaban J connectivity index is 2.10. The topological polar surface area (TPSA) is 52.3 Å². The van der Waals surface area contributed by atoms with Crippen molar-refractivity contribution in [3.05, 3.63) is 29.1 Å². The molecular formula is C14H18FNO2. The molecule has 0 aliphatic heterocycles. The summed E-state index contributed by atoms with van der Waals surface area (Å²) < 4.78 is 18.6. The highest BCUT2D eigenvalue weighted by atomic mass is 19.1. The quantitative estimate of drug-likeness (QED) is 0.648. The van der Waals surface area contributed by atoms with E-state index in [0.717, 1.165) is 25.7 Å².